The summed E-state index contributed by atoms with van der Waals surface area (Å²) < 4.78 is 2.49. The quantitative estimate of drug-likeness (QED) is 0.834. The van der Waals surface area contributed by atoms with Crippen molar-refractivity contribution in [2.24, 2.45) is 5.92 Å². The van der Waals surface area contributed by atoms with Gasteiger partial charge in [-0.15, -0.1) is 11.3 Å². The van der Waals surface area contributed by atoms with Crippen LogP contribution in [0.1, 0.15) is 42.3 Å². The van der Waals surface area contributed by atoms with Gasteiger partial charge >= 0.3 is 0 Å². The van der Waals surface area contributed by atoms with Crippen molar-refractivity contribution in [3.05, 3.63) is 33.0 Å². The minimum absolute atomic E-state index is 0.0738. The van der Waals surface area contributed by atoms with Crippen LogP contribution in [0.15, 0.2) is 17.5 Å². The molecule has 0 saturated heterocycles. The highest BCUT2D eigenvalue weighted by molar-refractivity contribution is 7.71. The molecule has 1 amide bonds. The van der Waals surface area contributed by atoms with Gasteiger partial charge in [0, 0.05) is 6.54 Å². The van der Waals surface area contributed by atoms with Crippen LogP contribution in [0.3, 0.4) is 0 Å². The van der Waals surface area contributed by atoms with E-state index in [0.29, 0.717) is 9.65 Å². The van der Waals surface area contributed by atoms with Crippen molar-refractivity contribution in [2.75, 3.05) is 0 Å². The fourth-order valence-electron chi connectivity index (χ4n) is 2.02. The molecular weight excluding hydrogens is 292 g/mol. The molecule has 0 aliphatic rings. The third kappa shape index (κ3) is 2.99. The molecule has 0 radical (unpaired) electrons. The number of hydrogen-bond acceptors (Lipinski definition) is 4. The van der Waals surface area contributed by atoms with Gasteiger partial charge in [-0.05, 0) is 36.5 Å². The van der Waals surface area contributed by atoms with Gasteiger partial charge in [0.2, 0.25) is 0 Å². The van der Waals surface area contributed by atoms with Gasteiger partial charge in [-0.1, -0.05) is 19.9 Å². The van der Waals surface area contributed by atoms with Crippen molar-refractivity contribution >= 4 is 29.5 Å². The summed E-state index contributed by atoms with van der Waals surface area (Å²) in [4.78, 5) is 12.9. The zero-order chi connectivity index (χ0) is 14.7. The lowest BCUT2D eigenvalue weighted by Crippen LogP contribution is -2.33. The molecule has 2 aromatic rings. The third-order valence-electron chi connectivity index (χ3n) is 3.08. The molecule has 0 aliphatic heterocycles. The minimum atomic E-state index is -0.169. The molecule has 2 heterocycles. The number of amides is 1. The van der Waals surface area contributed by atoms with Crippen LogP contribution in [0.4, 0.5) is 0 Å². The van der Waals surface area contributed by atoms with Crippen LogP contribution in [-0.2, 0) is 6.54 Å². The molecule has 0 bridgehead atoms. The van der Waals surface area contributed by atoms with Gasteiger partial charge in [0.15, 0.2) is 10.6 Å². The Morgan fingerprint density at radius 2 is 2.35 bits per heavy atom. The van der Waals surface area contributed by atoms with Crippen LogP contribution in [0.2, 0.25) is 0 Å². The van der Waals surface area contributed by atoms with Gasteiger partial charge in [-0.25, -0.2) is 0 Å². The van der Waals surface area contributed by atoms with Crippen LogP contribution in [0, 0.1) is 10.7 Å². The molecule has 2 N–H and O–H groups in total. The van der Waals surface area contributed by atoms with Gasteiger partial charge < -0.3 is 9.88 Å². The lowest BCUT2D eigenvalue weighted by molar-refractivity contribution is 0.0926. The normalized spacial score (nSPS) is 12.6. The fraction of sp³-hybridized carbons (Fsp3) is 0.462. The molecule has 2 aromatic heterocycles. The van der Waals surface area contributed by atoms with Gasteiger partial charge in [0.25, 0.3) is 5.91 Å². The molecule has 108 valence electrons. The van der Waals surface area contributed by atoms with Crippen LogP contribution >= 0.6 is 23.6 Å². The van der Waals surface area contributed by atoms with E-state index in [4.69, 9.17) is 12.2 Å². The van der Waals surface area contributed by atoms with Crippen LogP contribution < -0.4 is 5.32 Å². The summed E-state index contributed by atoms with van der Waals surface area (Å²) in [6.45, 7) is 6.84. The highest BCUT2D eigenvalue weighted by Gasteiger charge is 2.24. The van der Waals surface area contributed by atoms with Crippen molar-refractivity contribution in [1.29, 1.82) is 0 Å². The first-order valence-electron chi connectivity index (χ1n) is 6.54. The van der Waals surface area contributed by atoms with E-state index in [2.05, 4.69) is 29.4 Å². The van der Waals surface area contributed by atoms with E-state index in [1.54, 1.807) is 0 Å². The standard InChI is InChI=1S/C13H18N4OS2/c1-4-17-11(15-16-13(17)19)10(8(2)3)14-12(18)9-6-5-7-20-9/h5-8,10H,4H2,1-3H3,(H,14,18)(H,16,19)/t10-/m1/s1. The minimum Gasteiger partial charge on any atom is -0.341 e. The average molecular weight is 310 g/mol. The third-order valence-corrected chi connectivity index (χ3v) is 4.26. The van der Waals surface area contributed by atoms with Crippen LogP contribution in [-0.4, -0.2) is 20.7 Å². The largest absolute Gasteiger partial charge is 0.341 e. The smallest absolute Gasteiger partial charge is 0.261 e. The van der Waals surface area contributed by atoms with E-state index in [1.807, 2.05) is 29.0 Å². The summed E-state index contributed by atoms with van der Waals surface area (Å²) in [6, 6.07) is 3.51. The maximum absolute atomic E-state index is 12.2. The van der Waals surface area contributed by atoms with Crippen molar-refractivity contribution < 1.29 is 4.79 Å². The molecule has 0 saturated carbocycles. The Labute approximate surface area is 127 Å². The molecule has 0 spiro atoms. The fourth-order valence-corrected chi connectivity index (χ4v) is 2.92. The molecule has 2 rings (SSSR count). The Kier molecular flexibility index (Phi) is 4.72. The summed E-state index contributed by atoms with van der Waals surface area (Å²) in [7, 11) is 0. The molecule has 0 aromatic carbocycles. The molecule has 20 heavy (non-hydrogen) atoms. The maximum Gasteiger partial charge on any atom is 0.261 e. The zero-order valence-corrected chi connectivity index (χ0v) is 13.3. The lowest BCUT2D eigenvalue weighted by Gasteiger charge is -2.21. The van der Waals surface area contributed by atoms with E-state index < -0.39 is 0 Å². The summed E-state index contributed by atoms with van der Waals surface area (Å²) in [5, 5.41) is 12.0. The van der Waals surface area contributed by atoms with Crippen LogP contribution in [0.5, 0.6) is 0 Å². The number of thiophene rings is 1. The molecular formula is C13H18N4OS2. The second kappa shape index (κ2) is 6.32. The average Bonchev–Trinajstić information content (AvgIpc) is 3.04. The Morgan fingerprint density at radius 1 is 1.60 bits per heavy atom. The number of nitrogens with zero attached hydrogens (tertiary/aromatic N) is 2. The molecule has 7 heteroatoms. The topological polar surface area (TPSA) is 62.7 Å². The van der Waals surface area contributed by atoms with Gasteiger partial charge in [-0.3, -0.25) is 9.89 Å². The first-order chi connectivity index (χ1) is 9.54. The van der Waals surface area contributed by atoms with E-state index in [0.717, 1.165) is 12.4 Å². The summed E-state index contributed by atoms with van der Waals surface area (Å²) >= 11 is 6.63. The van der Waals surface area contributed by atoms with Crippen molar-refractivity contribution in [3.8, 4) is 0 Å². The van der Waals surface area contributed by atoms with E-state index in [-0.39, 0.29) is 17.9 Å². The number of carbonyl (C=O) groups excluding carboxylic acids is 1. The monoisotopic (exact) mass is 310 g/mol. The second-order valence-electron chi connectivity index (χ2n) is 4.80. The van der Waals surface area contributed by atoms with Gasteiger partial charge in [-0.2, -0.15) is 5.10 Å². The van der Waals surface area contributed by atoms with E-state index in [1.165, 1.54) is 11.3 Å². The number of rotatable bonds is 5. The number of aromatic nitrogens is 3. The van der Waals surface area contributed by atoms with Gasteiger partial charge in [0.05, 0.1) is 10.9 Å². The molecule has 0 aliphatic carbocycles. The zero-order valence-electron chi connectivity index (χ0n) is 11.7. The van der Waals surface area contributed by atoms with Crippen LogP contribution in [0.25, 0.3) is 0 Å². The van der Waals surface area contributed by atoms with Crippen molar-refractivity contribution in [2.45, 2.75) is 33.4 Å². The predicted molar refractivity (Wildman–Crippen MR) is 82.4 cm³/mol. The maximum atomic E-state index is 12.2. The van der Waals surface area contributed by atoms with E-state index >= 15 is 0 Å². The molecule has 1 atom stereocenters. The predicted octanol–water partition coefficient (Wildman–Crippen LogP) is 3.15. The first-order valence-corrected chi connectivity index (χ1v) is 7.82. The van der Waals surface area contributed by atoms with Gasteiger partial charge in [0.1, 0.15) is 0 Å². The Balaban J connectivity index is 2.28. The second-order valence-corrected chi connectivity index (χ2v) is 6.14. The molecule has 0 fully saturated rings. The number of aromatic amines is 1. The summed E-state index contributed by atoms with van der Waals surface area (Å²) in [6.07, 6.45) is 0. The Morgan fingerprint density at radius 3 is 2.90 bits per heavy atom. The first kappa shape index (κ1) is 14.9. The highest BCUT2D eigenvalue weighted by Crippen LogP contribution is 2.21. The molecule has 5 nitrogen and oxygen atoms in total. The Hall–Kier alpha value is -1.47. The lowest BCUT2D eigenvalue weighted by atomic mass is 10.0. The number of H-pyrrole nitrogens is 1. The molecule has 0 unspecified atom stereocenters. The highest BCUT2D eigenvalue weighted by atomic mass is 32.1. The van der Waals surface area contributed by atoms with Crippen molar-refractivity contribution in [3.63, 3.8) is 0 Å². The number of hydrogen-bond donors (Lipinski definition) is 2. The summed E-state index contributed by atoms with van der Waals surface area (Å²) in [5.74, 6) is 0.919. The SMILES string of the molecule is CCn1c([C@H](NC(=O)c2cccs2)C(C)C)n[nH]c1=S. The number of carbonyl (C=O) groups is 1. The van der Waals surface area contributed by atoms with Crippen molar-refractivity contribution in [1.82, 2.24) is 20.1 Å². The Bertz CT molecular complexity index is 627. The summed E-state index contributed by atoms with van der Waals surface area (Å²) in [5.41, 5.74) is 0. The number of nitrogens with one attached hydrogen (secondary N) is 2. The van der Waals surface area contributed by atoms with E-state index in [9.17, 15) is 4.79 Å².